The number of thioether (sulfide) groups is 1. The summed E-state index contributed by atoms with van der Waals surface area (Å²) in [6.07, 6.45) is 6.02. The number of H-pyrrole nitrogens is 1. The zero-order valence-electron chi connectivity index (χ0n) is 13.6. The molecule has 0 aliphatic rings. The Morgan fingerprint density at radius 2 is 1.96 bits per heavy atom. The number of nitrogens with one attached hydrogen (secondary N) is 1. The molecule has 0 spiro atoms. The van der Waals surface area contributed by atoms with Crippen LogP contribution in [0.4, 0.5) is 0 Å². The zero-order chi connectivity index (χ0) is 16.5. The summed E-state index contributed by atoms with van der Waals surface area (Å²) in [6, 6.07) is 14.4. The number of hydrogen-bond donors (Lipinski definition) is 1. The van der Waals surface area contributed by atoms with Crippen molar-refractivity contribution in [1.82, 2.24) is 19.4 Å². The van der Waals surface area contributed by atoms with E-state index in [0.717, 1.165) is 27.8 Å². The third kappa shape index (κ3) is 2.83. The van der Waals surface area contributed by atoms with E-state index >= 15 is 0 Å². The largest absolute Gasteiger partial charge is 0.333 e. The van der Waals surface area contributed by atoms with Gasteiger partial charge in [0.1, 0.15) is 5.65 Å². The highest BCUT2D eigenvalue weighted by Crippen LogP contribution is 2.33. The van der Waals surface area contributed by atoms with E-state index in [0.29, 0.717) is 0 Å². The number of imidazole rings is 2. The van der Waals surface area contributed by atoms with Gasteiger partial charge in [0, 0.05) is 12.4 Å². The number of aromatic amines is 1. The highest BCUT2D eigenvalue weighted by Gasteiger charge is 2.14. The topological polar surface area (TPSA) is 46.0 Å². The quantitative estimate of drug-likeness (QED) is 0.541. The van der Waals surface area contributed by atoms with Gasteiger partial charge in [-0.1, -0.05) is 48.2 Å². The van der Waals surface area contributed by atoms with Crippen molar-refractivity contribution in [2.75, 3.05) is 0 Å². The van der Waals surface area contributed by atoms with Gasteiger partial charge in [-0.25, -0.2) is 9.97 Å². The first kappa shape index (κ1) is 15.0. The van der Waals surface area contributed by atoms with E-state index in [1.54, 1.807) is 11.8 Å². The molecule has 1 atom stereocenters. The monoisotopic (exact) mass is 334 g/mol. The fourth-order valence-electron chi connectivity index (χ4n) is 2.72. The van der Waals surface area contributed by atoms with Crippen molar-refractivity contribution in [2.24, 2.45) is 0 Å². The Balaban J connectivity index is 1.56. The SMILES string of the molecule is Cc1cccn2cc(C(C)Sc3ncc(-c4ccccc4)[nH]3)nc12. The van der Waals surface area contributed by atoms with Crippen LogP contribution in [-0.2, 0) is 0 Å². The number of benzene rings is 1. The lowest BCUT2D eigenvalue weighted by molar-refractivity contribution is 0.995. The lowest BCUT2D eigenvalue weighted by Crippen LogP contribution is -1.89. The zero-order valence-corrected chi connectivity index (χ0v) is 14.4. The Bertz CT molecular complexity index is 971. The summed E-state index contributed by atoms with van der Waals surface area (Å²) in [7, 11) is 0. The van der Waals surface area contributed by atoms with Gasteiger partial charge in [0.15, 0.2) is 5.16 Å². The summed E-state index contributed by atoms with van der Waals surface area (Å²) in [5, 5.41) is 1.13. The van der Waals surface area contributed by atoms with Crippen LogP contribution in [-0.4, -0.2) is 19.4 Å². The van der Waals surface area contributed by atoms with Crippen molar-refractivity contribution in [2.45, 2.75) is 24.3 Å². The fraction of sp³-hybridized carbons (Fsp3) is 0.158. The van der Waals surface area contributed by atoms with E-state index in [-0.39, 0.29) is 5.25 Å². The van der Waals surface area contributed by atoms with Gasteiger partial charge < -0.3 is 9.38 Å². The van der Waals surface area contributed by atoms with Crippen LogP contribution in [0.25, 0.3) is 16.9 Å². The van der Waals surface area contributed by atoms with Crippen LogP contribution in [0.2, 0.25) is 0 Å². The number of nitrogens with zero attached hydrogens (tertiary/aromatic N) is 3. The molecule has 24 heavy (non-hydrogen) atoms. The lowest BCUT2D eigenvalue weighted by atomic mass is 10.2. The van der Waals surface area contributed by atoms with Crippen LogP contribution in [0.15, 0.2) is 66.2 Å². The molecule has 4 nitrogen and oxygen atoms in total. The predicted octanol–water partition coefficient (Wildman–Crippen LogP) is 4.89. The predicted molar refractivity (Wildman–Crippen MR) is 98.2 cm³/mol. The van der Waals surface area contributed by atoms with Crippen LogP contribution in [0.5, 0.6) is 0 Å². The molecule has 0 aliphatic heterocycles. The van der Waals surface area contributed by atoms with Gasteiger partial charge in [0.2, 0.25) is 0 Å². The first-order valence-electron chi connectivity index (χ1n) is 7.92. The second-order valence-electron chi connectivity index (χ2n) is 5.82. The highest BCUT2D eigenvalue weighted by molar-refractivity contribution is 7.99. The molecule has 4 rings (SSSR count). The van der Waals surface area contributed by atoms with Crippen molar-refractivity contribution >= 4 is 17.4 Å². The van der Waals surface area contributed by atoms with Crippen molar-refractivity contribution < 1.29 is 0 Å². The first-order valence-corrected chi connectivity index (χ1v) is 8.80. The average Bonchev–Trinajstić information content (AvgIpc) is 3.23. The maximum absolute atomic E-state index is 4.77. The minimum atomic E-state index is 0.221. The Labute approximate surface area is 145 Å². The van der Waals surface area contributed by atoms with Gasteiger partial charge >= 0.3 is 0 Å². The molecule has 0 saturated heterocycles. The molecule has 0 radical (unpaired) electrons. The summed E-state index contributed by atoms with van der Waals surface area (Å²) in [6.45, 7) is 4.25. The number of fused-ring (bicyclic) bond motifs is 1. The van der Waals surface area contributed by atoms with E-state index in [4.69, 9.17) is 4.98 Å². The van der Waals surface area contributed by atoms with Gasteiger partial charge in [-0.2, -0.15) is 0 Å². The molecule has 3 heterocycles. The minimum absolute atomic E-state index is 0.221. The normalized spacial score (nSPS) is 12.6. The maximum Gasteiger partial charge on any atom is 0.166 e. The molecule has 0 bridgehead atoms. The minimum Gasteiger partial charge on any atom is -0.333 e. The average molecular weight is 334 g/mol. The maximum atomic E-state index is 4.77. The van der Waals surface area contributed by atoms with Crippen LogP contribution in [0.3, 0.4) is 0 Å². The number of aryl methyl sites for hydroxylation is 1. The van der Waals surface area contributed by atoms with Gasteiger partial charge in [-0.05, 0) is 31.0 Å². The smallest absolute Gasteiger partial charge is 0.166 e. The van der Waals surface area contributed by atoms with Crippen molar-refractivity contribution in [3.63, 3.8) is 0 Å². The summed E-state index contributed by atoms with van der Waals surface area (Å²) in [5.74, 6) is 0. The van der Waals surface area contributed by atoms with Crippen molar-refractivity contribution in [3.8, 4) is 11.3 Å². The summed E-state index contributed by atoms with van der Waals surface area (Å²) in [5.41, 5.74) is 5.45. The fourth-order valence-corrected chi connectivity index (χ4v) is 3.58. The molecule has 0 amide bonds. The van der Waals surface area contributed by atoms with Crippen molar-refractivity contribution in [1.29, 1.82) is 0 Å². The van der Waals surface area contributed by atoms with E-state index in [9.17, 15) is 0 Å². The molecular weight excluding hydrogens is 316 g/mol. The van der Waals surface area contributed by atoms with E-state index in [1.165, 1.54) is 5.56 Å². The van der Waals surface area contributed by atoms with Gasteiger partial charge in [-0.3, -0.25) is 0 Å². The Morgan fingerprint density at radius 1 is 1.12 bits per heavy atom. The molecular formula is C19H18N4S. The summed E-state index contributed by atoms with van der Waals surface area (Å²) >= 11 is 1.69. The number of aromatic nitrogens is 4. The summed E-state index contributed by atoms with van der Waals surface area (Å²) in [4.78, 5) is 12.7. The third-order valence-electron chi connectivity index (χ3n) is 4.04. The summed E-state index contributed by atoms with van der Waals surface area (Å²) < 4.78 is 2.08. The van der Waals surface area contributed by atoms with Crippen molar-refractivity contribution in [3.05, 3.63) is 72.3 Å². The Morgan fingerprint density at radius 3 is 2.75 bits per heavy atom. The standard InChI is InChI=1S/C19H18N4S/c1-13-7-6-10-23-12-17(21-18(13)23)14(2)24-19-20-11-16(22-19)15-8-4-3-5-9-15/h3-12,14H,1-2H3,(H,20,22). The highest BCUT2D eigenvalue weighted by atomic mass is 32.2. The molecule has 3 aromatic heterocycles. The molecule has 4 aromatic rings. The van der Waals surface area contributed by atoms with E-state index in [2.05, 4.69) is 52.6 Å². The lowest BCUT2D eigenvalue weighted by Gasteiger charge is -2.05. The number of hydrogen-bond acceptors (Lipinski definition) is 3. The van der Waals surface area contributed by atoms with Crippen LogP contribution >= 0.6 is 11.8 Å². The molecule has 1 N–H and O–H groups in total. The molecule has 1 aromatic carbocycles. The van der Waals surface area contributed by atoms with Gasteiger partial charge in [0.25, 0.3) is 0 Å². The van der Waals surface area contributed by atoms with E-state index in [1.807, 2.05) is 36.7 Å². The molecule has 1 unspecified atom stereocenters. The first-order chi connectivity index (χ1) is 11.7. The number of rotatable bonds is 4. The Kier molecular flexibility index (Phi) is 3.86. The van der Waals surface area contributed by atoms with Gasteiger partial charge in [0.05, 0.1) is 22.8 Å². The second kappa shape index (κ2) is 6.17. The third-order valence-corrected chi connectivity index (χ3v) is 5.06. The number of pyridine rings is 1. The molecule has 0 saturated carbocycles. The van der Waals surface area contributed by atoms with Crippen LogP contribution < -0.4 is 0 Å². The van der Waals surface area contributed by atoms with Gasteiger partial charge in [-0.15, -0.1) is 0 Å². The molecule has 0 aliphatic carbocycles. The molecule has 120 valence electrons. The van der Waals surface area contributed by atoms with E-state index < -0.39 is 0 Å². The van der Waals surface area contributed by atoms with Crippen LogP contribution in [0.1, 0.15) is 23.4 Å². The van der Waals surface area contributed by atoms with Crippen LogP contribution in [0, 0.1) is 6.92 Å². The molecule has 0 fully saturated rings. The Hall–Kier alpha value is -2.53. The second-order valence-corrected chi connectivity index (χ2v) is 7.15. The molecule has 5 heteroatoms.